The Morgan fingerprint density at radius 1 is 0.417 bits per heavy atom. The minimum atomic E-state index is -1.63. The predicted molar refractivity (Wildman–Crippen MR) is 310 cm³/mol. The van der Waals surface area contributed by atoms with Crippen molar-refractivity contribution >= 4 is 76.5 Å². The lowest BCUT2D eigenvalue weighted by Gasteiger charge is -2.26. The number of aliphatic carboxylic acids is 4. The van der Waals surface area contributed by atoms with Crippen LogP contribution in [0.1, 0.15) is 215 Å². The van der Waals surface area contributed by atoms with Crippen LogP contribution in [0.4, 0.5) is 0 Å². The number of carbonyl (C=O) groups excluding carboxylic acids is 9. The topological polar surface area (TPSA) is 392 Å². The van der Waals surface area contributed by atoms with Crippen LogP contribution in [0.25, 0.3) is 0 Å². The highest BCUT2D eigenvalue weighted by molar-refractivity contribution is 5.98. The minimum Gasteiger partial charge on any atom is -0.481 e. The van der Waals surface area contributed by atoms with Gasteiger partial charge in [0.05, 0.1) is 44.0 Å². The first-order valence-electron chi connectivity index (χ1n) is 30.3. The highest BCUT2D eigenvalue weighted by Crippen LogP contribution is 2.23. The second-order valence-electron chi connectivity index (χ2n) is 22.8. The van der Waals surface area contributed by atoms with E-state index in [1.807, 2.05) is 0 Å². The standard InChI is InChI=1S/C60H101N5O19/c1-8-9-10-11-12-13-14-15-16-17-18-19-20-21-51(71)65-56(39(4)5)50(70)37-44(38(2)3)60(83)62-41(7)47(67)34-40(6)57(80)63-45(24-28-54(76)77)49(69)36-43(23-27-53(74)75)59(82)64-46(25-29-55(78)79)48(68)35-42(22-26-52(72)73)58(81)61-30-32-84-33-31-66/h38-46,56,66H,8-37H2,1-7H3,(H,61,81)(H,62,83)(H,63,80)(H,64,82)(H,65,71)(H,72,73)(H,74,75)(H,76,77)(H,78,79)/t40-,41+,42-,43-,44+,45+,46?,56+/m1/s1. The second-order valence-corrected chi connectivity index (χ2v) is 22.8. The molecule has 0 radical (unpaired) electrons. The zero-order chi connectivity index (χ0) is 63.7. The van der Waals surface area contributed by atoms with Gasteiger partial charge in [0.1, 0.15) is 0 Å². The molecule has 1 unspecified atom stereocenters. The maximum atomic E-state index is 14.0. The third kappa shape index (κ3) is 36.5. The van der Waals surface area contributed by atoms with Crippen LogP contribution >= 0.6 is 0 Å². The Kier molecular flexibility index (Phi) is 41.9. The Hall–Kier alpha value is -6.17. The van der Waals surface area contributed by atoms with Crippen LogP contribution in [0.3, 0.4) is 0 Å². The summed E-state index contributed by atoms with van der Waals surface area (Å²) < 4.78 is 5.09. The van der Waals surface area contributed by atoms with Gasteiger partial charge in [-0.1, -0.05) is 119 Å². The molecule has 0 aliphatic carbocycles. The van der Waals surface area contributed by atoms with Gasteiger partial charge in [-0.3, -0.25) is 62.3 Å². The summed E-state index contributed by atoms with van der Waals surface area (Å²) in [6.45, 7) is 11.6. The fraction of sp³-hybridized carbons (Fsp3) is 0.783. The van der Waals surface area contributed by atoms with Gasteiger partial charge in [0.25, 0.3) is 0 Å². The molecule has 0 aromatic carbocycles. The summed E-state index contributed by atoms with van der Waals surface area (Å²) in [5.41, 5.74) is 0. The van der Waals surface area contributed by atoms with Crippen LogP contribution in [-0.4, -0.2) is 153 Å². The molecule has 0 aliphatic rings. The number of hydrogen-bond acceptors (Lipinski definition) is 15. The van der Waals surface area contributed by atoms with Crippen molar-refractivity contribution in [2.24, 2.45) is 35.5 Å². The average molecular weight is 1200 g/mol. The number of aliphatic hydroxyl groups is 1. The van der Waals surface area contributed by atoms with E-state index < -0.39 is 177 Å². The molecule has 5 amide bonds. The Bertz CT molecular complexity index is 2100. The van der Waals surface area contributed by atoms with Crippen LogP contribution in [0.2, 0.25) is 0 Å². The molecule has 0 aromatic rings. The Morgan fingerprint density at radius 3 is 1.30 bits per heavy atom. The minimum absolute atomic E-state index is 0.0279. The van der Waals surface area contributed by atoms with E-state index in [-0.39, 0.29) is 69.2 Å². The molecule has 0 saturated carbocycles. The number of carbonyl (C=O) groups is 13. The molecule has 84 heavy (non-hydrogen) atoms. The molecular formula is C60H101N5O19. The van der Waals surface area contributed by atoms with Crippen molar-refractivity contribution < 1.29 is 92.6 Å². The largest absolute Gasteiger partial charge is 0.481 e. The molecule has 0 saturated heterocycles. The summed E-state index contributed by atoms with van der Waals surface area (Å²) in [7, 11) is 0. The number of rotatable bonds is 53. The molecule has 24 nitrogen and oxygen atoms in total. The van der Waals surface area contributed by atoms with Gasteiger partial charge in [-0.2, -0.15) is 0 Å². The predicted octanol–water partition coefficient (Wildman–Crippen LogP) is 5.64. The lowest BCUT2D eigenvalue weighted by atomic mass is 9.85. The number of nitrogens with one attached hydrogen (secondary N) is 5. The Morgan fingerprint density at radius 2 is 0.857 bits per heavy atom. The number of carboxylic acids is 4. The molecule has 480 valence electrons. The van der Waals surface area contributed by atoms with Crippen molar-refractivity contribution in [3.8, 4) is 0 Å². The number of unbranched alkanes of at least 4 members (excludes halogenated alkanes) is 12. The molecule has 0 fully saturated rings. The summed E-state index contributed by atoms with van der Waals surface area (Å²) in [5, 5.41) is 59.5. The summed E-state index contributed by atoms with van der Waals surface area (Å²) in [6, 6.07) is -5.23. The van der Waals surface area contributed by atoms with Gasteiger partial charge in [-0.05, 0) is 50.9 Å². The van der Waals surface area contributed by atoms with Crippen molar-refractivity contribution in [2.45, 2.75) is 240 Å². The Balaban J connectivity index is 5.95. The van der Waals surface area contributed by atoms with Crippen molar-refractivity contribution in [2.75, 3.05) is 26.4 Å². The quantitative estimate of drug-likeness (QED) is 0.0329. The molecule has 8 atom stereocenters. The highest BCUT2D eigenvalue weighted by atomic mass is 16.5. The molecule has 0 rings (SSSR count). The van der Waals surface area contributed by atoms with Gasteiger partial charge < -0.3 is 56.9 Å². The van der Waals surface area contributed by atoms with Crippen molar-refractivity contribution in [1.82, 2.24) is 26.6 Å². The third-order valence-electron chi connectivity index (χ3n) is 14.7. The second kappa shape index (κ2) is 45.2. The monoisotopic (exact) mass is 1200 g/mol. The molecule has 0 spiro atoms. The van der Waals surface area contributed by atoms with Crippen LogP contribution < -0.4 is 26.6 Å². The van der Waals surface area contributed by atoms with Gasteiger partial charge in [-0.15, -0.1) is 0 Å². The maximum absolute atomic E-state index is 14.0. The first-order chi connectivity index (χ1) is 39.6. The average Bonchev–Trinajstić information content (AvgIpc) is 3.50. The molecule has 0 heterocycles. The van der Waals surface area contributed by atoms with Crippen LogP contribution in [0, 0.1) is 35.5 Å². The third-order valence-corrected chi connectivity index (χ3v) is 14.7. The summed E-state index contributed by atoms with van der Waals surface area (Å²) in [5.74, 6) is -17.3. The SMILES string of the molecule is CCCCCCCCCCCCCCCC(=O)N[C@H](C(=O)C[C@H](C(=O)N[C@@H](C)C(=O)C[C@@H](C)C(=O)N[C@@H](CCC(=O)O)C(=O)C[C@@H](CCC(=O)O)C(=O)NC(CCC(=O)O)C(=O)C[C@@H](CCC(=O)O)C(=O)NCCOCCO)C(C)C)C(C)C. The maximum Gasteiger partial charge on any atom is 0.303 e. The number of Topliss-reactive ketones (excluding diaryl/α,β-unsaturated/α-hetero) is 4. The summed E-state index contributed by atoms with van der Waals surface area (Å²) >= 11 is 0. The number of ketones is 4. The smallest absolute Gasteiger partial charge is 0.303 e. The number of carboxylic acid groups (broad SMARTS) is 4. The van der Waals surface area contributed by atoms with E-state index >= 15 is 0 Å². The highest BCUT2D eigenvalue weighted by Gasteiger charge is 2.36. The summed E-state index contributed by atoms with van der Waals surface area (Å²) in [4.78, 5) is 169. The van der Waals surface area contributed by atoms with Gasteiger partial charge in [0.15, 0.2) is 23.1 Å². The molecular weight excluding hydrogens is 1090 g/mol. The lowest BCUT2D eigenvalue weighted by Crippen LogP contribution is -2.49. The van der Waals surface area contributed by atoms with Gasteiger partial charge >= 0.3 is 23.9 Å². The molecule has 0 aromatic heterocycles. The summed E-state index contributed by atoms with van der Waals surface area (Å²) in [6.07, 6.45) is 8.74. The van der Waals surface area contributed by atoms with Crippen molar-refractivity contribution in [3.63, 3.8) is 0 Å². The van der Waals surface area contributed by atoms with E-state index in [0.717, 1.165) is 19.3 Å². The molecule has 10 N–H and O–H groups in total. The zero-order valence-electron chi connectivity index (χ0n) is 50.9. The van der Waals surface area contributed by atoms with E-state index in [9.17, 15) is 82.8 Å². The van der Waals surface area contributed by atoms with E-state index in [2.05, 4.69) is 33.5 Å². The Labute approximate surface area is 495 Å². The molecule has 0 aliphatic heterocycles. The number of amides is 5. The normalized spacial score (nSPS) is 14.2. The van der Waals surface area contributed by atoms with Gasteiger partial charge in [0, 0.05) is 88.0 Å². The van der Waals surface area contributed by atoms with E-state index in [0.29, 0.717) is 6.42 Å². The van der Waals surface area contributed by atoms with E-state index in [4.69, 9.17) is 9.84 Å². The van der Waals surface area contributed by atoms with E-state index in [1.165, 1.54) is 71.6 Å². The molecule has 24 heteroatoms. The van der Waals surface area contributed by atoms with Crippen LogP contribution in [0.5, 0.6) is 0 Å². The van der Waals surface area contributed by atoms with Crippen LogP contribution in [-0.2, 0) is 67.1 Å². The number of aliphatic hydroxyl groups excluding tert-OH is 1. The van der Waals surface area contributed by atoms with Crippen LogP contribution in [0.15, 0.2) is 0 Å². The zero-order valence-corrected chi connectivity index (χ0v) is 50.9. The fourth-order valence-corrected chi connectivity index (χ4v) is 9.46. The van der Waals surface area contributed by atoms with Crippen molar-refractivity contribution in [3.05, 3.63) is 0 Å². The first kappa shape index (κ1) is 77.8. The lowest BCUT2D eigenvalue weighted by molar-refractivity contribution is -0.141. The van der Waals surface area contributed by atoms with Gasteiger partial charge in [-0.25, -0.2) is 0 Å². The fourth-order valence-electron chi connectivity index (χ4n) is 9.46. The van der Waals surface area contributed by atoms with E-state index in [1.54, 1.807) is 27.7 Å². The number of ether oxygens (including phenoxy) is 1. The van der Waals surface area contributed by atoms with Gasteiger partial charge in [0.2, 0.25) is 29.5 Å². The first-order valence-corrected chi connectivity index (χ1v) is 30.3. The number of hydrogen-bond donors (Lipinski definition) is 10. The van der Waals surface area contributed by atoms with Crippen molar-refractivity contribution in [1.29, 1.82) is 0 Å². The molecule has 0 bridgehead atoms.